The largest absolute Gasteiger partial charge is 0.472 e. The Bertz CT molecular complexity index is 1280. The Morgan fingerprint density at radius 2 is 0.821 bits per heavy atom. The van der Waals surface area contributed by atoms with Crippen molar-refractivity contribution >= 4 is 19.8 Å². The third-order valence-electron chi connectivity index (χ3n) is 11.9. The zero-order valence-electron chi connectivity index (χ0n) is 43.4. The summed E-state index contributed by atoms with van der Waals surface area (Å²) < 4.78 is 32.6. The summed E-state index contributed by atoms with van der Waals surface area (Å²) in [7, 11) is -4.37. The molecule has 2 unspecified atom stereocenters. The van der Waals surface area contributed by atoms with E-state index in [1.165, 1.54) is 148 Å². The predicted octanol–water partition coefficient (Wildman–Crippen LogP) is 17.2. The molecule has 0 bridgehead atoms. The number of carbonyl (C=O) groups is 2. The summed E-state index contributed by atoms with van der Waals surface area (Å²) in [6.07, 6.45) is 66.6. The summed E-state index contributed by atoms with van der Waals surface area (Å²) in [5, 5.41) is 0. The van der Waals surface area contributed by atoms with Gasteiger partial charge < -0.3 is 20.1 Å². The second kappa shape index (κ2) is 53.1. The molecule has 0 saturated carbocycles. The van der Waals surface area contributed by atoms with Crippen LogP contribution in [0.15, 0.2) is 60.8 Å². The Morgan fingerprint density at radius 3 is 1.22 bits per heavy atom. The number of hydrogen-bond acceptors (Lipinski definition) is 8. The molecule has 67 heavy (non-hydrogen) atoms. The van der Waals surface area contributed by atoms with Gasteiger partial charge in [-0.3, -0.25) is 18.6 Å². The summed E-state index contributed by atoms with van der Waals surface area (Å²) >= 11 is 0. The van der Waals surface area contributed by atoms with Gasteiger partial charge in [-0.05, 0) is 57.8 Å². The van der Waals surface area contributed by atoms with Crippen molar-refractivity contribution in [2.45, 2.75) is 264 Å². The number of phosphoric ester groups is 1. The van der Waals surface area contributed by atoms with Gasteiger partial charge in [0.15, 0.2) is 6.10 Å². The zero-order valence-corrected chi connectivity index (χ0v) is 44.3. The normalized spacial score (nSPS) is 13.6. The molecule has 0 aromatic heterocycles. The minimum atomic E-state index is -4.37. The molecule has 0 amide bonds. The molecule has 0 heterocycles. The third kappa shape index (κ3) is 52.9. The van der Waals surface area contributed by atoms with Crippen molar-refractivity contribution < 1.29 is 37.6 Å². The Morgan fingerprint density at radius 1 is 0.463 bits per heavy atom. The average molecular weight is 962 g/mol. The van der Waals surface area contributed by atoms with Gasteiger partial charge in [0.1, 0.15) is 6.61 Å². The molecule has 390 valence electrons. The molecule has 10 heteroatoms. The first-order valence-corrected chi connectivity index (χ1v) is 29.3. The van der Waals surface area contributed by atoms with E-state index in [-0.39, 0.29) is 32.6 Å². The fraction of sp³-hybridized carbons (Fsp3) is 0.789. The molecular weight excluding hydrogens is 858 g/mol. The van der Waals surface area contributed by atoms with Crippen molar-refractivity contribution in [2.75, 3.05) is 26.4 Å². The number of carbonyl (C=O) groups excluding carboxylic acids is 2. The summed E-state index contributed by atoms with van der Waals surface area (Å²) in [6, 6.07) is 0. The van der Waals surface area contributed by atoms with Gasteiger partial charge in [0.05, 0.1) is 13.2 Å². The highest BCUT2D eigenvalue weighted by atomic mass is 31.2. The van der Waals surface area contributed by atoms with E-state index < -0.39 is 32.5 Å². The first-order chi connectivity index (χ1) is 32.8. The molecule has 0 spiro atoms. The first-order valence-electron chi connectivity index (χ1n) is 27.8. The number of hydrogen-bond donors (Lipinski definition) is 2. The van der Waals surface area contributed by atoms with Gasteiger partial charge in [0.25, 0.3) is 0 Å². The predicted molar refractivity (Wildman–Crippen MR) is 284 cm³/mol. The fourth-order valence-electron chi connectivity index (χ4n) is 7.84. The summed E-state index contributed by atoms with van der Waals surface area (Å²) in [5.41, 5.74) is 5.34. The van der Waals surface area contributed by atoms with Crippen molar-refractivity contribution in [1.82, 2.24) is 0 Å². The van der Waals surface area contributed by atoms with E-state index in [2.05, 4.69) is 74.6 Å². The van der Waals surface area contributed by atoms with E-state index in [9.17, 15) is 19.0 Å². The standard InChI is InChI=1S/C57H104NO8P/c1-3-5-7-9-10-11-12-13-14-15-16-17-18-19-20-21-22-23-24-25-26-27-28-29-30-31-32-33-34-35-36-37-38-39-40-41-42-43-44-46-48-50-57(60)66-55(54-65-67(61,62)64-52-51-58)53-63-56(59)49-47-45-8-6-4-2/h5,7,10-11,13-14,16-17,19-20,55H,3-4,6,8-9,12,15,18,21-54,58H2,1-2H3,(H,61,62)/b7-5-,11-10-,14-13-,17-16-,20-19-. The van der Waals surface area contributed by atoms with E-state index in [1.54, 1.807) is 0 Å². The van der Waals surface area contributed by atoms with Crippen molar-refractivity contribution in [3.63, 3.8) is 0 Å². The van der Waals surface area contributed by atoms with E-state index in [0.29, 0.717) is 6.42 Å². The van der Waals surface area contributed by atoms with Crippen LogP contribution in [0.4, 0.5) is 0 Å². The van der Waals surface area contributed by atoms with Crippen molar-refractivity contribution in [2.24, 2.45) is 5.73 Å². The summed E-state index contributed by atoms with van der Waals surface area (Å²) in [4.78, 5) is 34.6. The molecule has 0 aromatic rings. The Hall–Kier alpha value is -2.29. The van der Waals surface area contributed by atoms with Crippen LogP contribution in [0.25, 0.3) is 0 Å². The van der Waals surface area contributed by atoms with Gasteiger partial charge in [0.2, 0.25) is 0 Å². The number of esters is 2. The first kappa shape index (κ1) is 64.7. The van der Waals surface area contributed by atoms with Crippen LogP contribution in [0.1, 0.15) is 258 Å². The van der Waals surface area contributed by atoms with Crippen LogP contribution < -0.4 is 5.73 Å². The molecule has 3 N–H and O–H groups in total. The molecule has 0 aliphatic heterocycles. The molecule has 9 nitrogen and oxygen atoms in total. The summed E-state index contributed by atoms with van der Waals surface area (Å²) in [6.45, 7) is 3.54. The highest BCUT2D eigenvalue weighted by molar-refractivity contribution is 7.47. The number of phosphoric acid groups is 1. The van der Waals surface area contributed by atoms with Crippen molar-refractivity contribution in [3.8, 4) is 0 Å². The van der Waals surface area contributed by atoms with Crippen LogP contribution in [0.2, 0.25) is 0 Å². The maximum atomic E-state index is 12.6. The minimum absolute atomic E-state index is 0.0548. The molecule has 0 aliphatic carbocycles. The molecular formula is C57H104NO8P. The topological polar surface area (TPSA) is 134 Å². The van der Waals surface area contributed by atoms with E-state index in [1.807, 2.05) is 0 Å². The zero-order chi connectivity index (χ0) is 48.8. The van der Waals surface area contributed by atoms with Crippen LogP contribution in [0.3, 0.4) is 0 Å². The lowest BCUT2D eigenvalue weighted by Crippen LogP contribution is -2.29. The van der Waals surface area contributed by atoms with Crippen molar-refractivity contribution in [1.29, 1.82) is 0 Å². The van der Waals surface area contributed by atoms with Crippen LogP contribution in [-0.2, 0) is 32.7 Å². The molecule has 0 rings (SSSR count). The van der Waals surface area contributed by atoms with Crippen LogP contribution in [0.5, 0.6) is 0 Å². The number of ether oxygens (including phenoxy) is 2. The van der Waals surface area contributed by atoms with Gasteiger partial charge in [-0.2, -0.15) is 0 Å². The molecule has 0 aromatic carbocycles. The highest BCUT2D eigenvalue weighted by Gasteiger charge is 2.26. The minimum Gasteiger partial charge on any atom is -0.462 e. The monoisotopic (exact) mass is 962 g/mol. The fourth-order valence-corrected chi connectivity index (χ4v) is 8.61. The molecule has 0 radical (unpaired) electrons. The van der Waals surface area contributed by atoms with E-state index in [4.69, 9.17) is 24.3 Å². The number of unbranched alkanes of at least 4 members (excludes halogenated alkanes) is 29. The van der Waals surface area contributed by atoms with E-state index >= 15 is 0 Å². The van der Waals surface area contributed by atoms with Gasteiger partial charge in [-0.25, -0.2) is 4.57 Å². The number of allylic oxidation sites excluding steroid dienone is 10. The summed E-state index contributed by atoms with van der Waals surface area (Å²) in [5.74, 6) is -0.833. The SMILES string of the molecule is CC/C=C\C/C=C\C/C=C\C/C=C\C/C=C\CCCCCCCCCCCCCCCCCCCCCCCCCCCC(=O)OC(COC(=O)CCCCCCC)COP(=O)(O)OCCN. The van der Waals surface area contributed by atoms with Gasteiger partial charge >= 0.3 is 19.8 Å². The number of rotatable bonds is 52. The lowest BCUT2D eigenvalue weighted by atomic mass is 10.0. The maximum Gasteiger partial charge on any atom is 0.472 e. The molecule has 0 aliphatic rings. The average Bonchev–Trinajstić information content (AvgIpc) is 3.32. The number of nitrogens with two attached hydrogens (primary N) is 1. The van der Waals surface area contributed by atoms with Gasteiger partial charge in [-0.15, -0.1) is 0 Å². The lowest BCUT2D eigenvalue weighted by Gasteiger charge is -2.19. The van der Waals surface area contributed by atoms with E-state index in [0.717, 1.165) is 77.0 Å². The molecule has 0 saturated heterocycles. The van der Waals surface area contributed by atoms with Crippen LogP contribution in [-0.4, -0.2) is 49.3 Å². The third-order valence-corrected chi connectivity index (χ3v) is 12.9. The smallest absolute Gasteiger partial charge is 0.462 e. The Balaban J connectivity index is 3.61. The highest BCUT2D eigenvalue weighted by Crippen LogP contribution is 2.43. The Labute approximate surface area is 412 Å². The lowest BCUT2D eigenvalue weighted by molar-refractivity contribution is -0.161. The Kier molecular flexibility index (Phi) is 51.3. The molecule has 2 atom stereocenters. The van der Waals surface area contributed by atoms with Gasteiger partial charge in [-0.1, -0.05) is 248 Å². The van der Waals surface area contributed by atoms with Crippen molar-refractivity contribution in [3.05, 3.63) is 60.8 Å². The quantitative estimate of drug-likeness (QED) is 0.0264. The maximum absolute atomic E-state index is 12.6. The second-order valence-electron chi connectivity index (χ2n) is 18.4. The molecule has 0 fully saturated rings. The van der Waals surface area contributed by atoms with Crippen LogP contribution in [0, 0.1) is 0 Å². The van der Waals surface area contributed by atoms with Crippen LogP contribution >= 0.6 is 7.82 Å². The van der Waals surface area contributed by atoms with Gasteiger partial charge in [0, 0.05) is 19.4 Å². The second-order valence-corrected chi connectivity index (χ2v) is 19.9.